The zero-order chi connectivity index (χ0) is 9.54. The van der Waals surface area contributed by atoms with Crippen molar-refractivity contribution in [2.45, 2.75) is 0 Å². The fourth-order valence-electron chi connectivity index (χ4n) is 2.52. The molecular weight excluding hydrogens is 174 g/mol. The minimum absolute atomic E-state index is 0.514. The van der Waals surface area contributed by atoms with Gasteiger partial charge in [-0.25, -0.2) is 0 Å². The van der Waals surface area contributed by atoms with Crippen molar-refractivity contribution in [2.24, 2.45) is 11.8 Å². The molecule has 1 fully saturated rings. The smallest absolute Gasteiger partial charge is 0.122 e. The molecule has 1 heterocycles. The lowest BCUT2D eigenvalue weighted by atomic mass is 9.80. The first-order valence-corrected chi connectivity index (χ1v) is 4.98. The SMILES string of the molecule is COC1=CC=C2NCC3C=CC=C1C23. The predicted octanol–water partition coefficient (Wildman–Crippen LogP) is 1.75. The molecule has 0 aromatic heterocycles. The van der Waals surface area contributed by atoms with Gasteiger partial charge in [-0.2, -0.15) is 0 Å². The Kier molecular flexibility index (Phi) is 1.57. The molecule has 72 valence electrons. The summed E-state index contributed by atoms with van der Waals surface area (Å²) in [6, 6.07) is 0. The summed E-state index contributed by atoms with van der Waals surface area (Å²) < 4.78 is 5.37. The Hall–Kier alpha value is -1.44. The lowest BCUT2D eigenvalue weighted by Crippen LogP contribution is -2.18. The summed E-state index contributed by atoms with van der Waals surface area (Å²) in [5.74, 6) is 2.14. The van der Waals surface area contributed by atoms with Crippen molar-refractivity contribution in [1.82, 2.24) is 5.32 Å². The third-order valence-corrected chi connectivity index (χ3v) is 3.19. The number of hydrogen-bond acceptors (Lipinski definition) is 2. The Labute approximate surface area is 83.6 Å². The lowest BCUT2D eigenvalue weighted by molar-refractivity contribution is 0.290. The molecule has 2 aliphatic carbocycles. The van der Waals surface area contributed by atoms with Crippen LogP contribution in [-0.2, 0) is 4.74 Å². The summed E-state index contributed by atoms with van der Waals surface area (Å²) >= 11 is 0. The minimum Gasteiger partial charge on any atom is -0.496 e. The van der Waals surface area contributed by atoms with Gasteiger partial charge in [0.25, 0.3) is 0 Å². The van der Waals surface area contributed by atoms with Crippen LogP contribution in [0.2, 0.25) is 0 Å². The van der Waals surface area contributed by atoms with Crippen LogP contribution in [0.4, 0.5) is 0 Å². The molecule has 2 heteroatoms. The summed E-state index contributed by atoms with van der Waals surface area (Å²) in [4.78, 5) is 0. The fraction of sp³-hybridized carbons (Fsp3) is 0.333. The van der Waals surface area contributed by atoms with Crippen LogP contribution < -0.4 is 5.32 Å². The number of ether oxygens (including phenoxy) is 1. The standard InChI is InChI=1S/C12H13NO/c1-14-11-6-5-10-12-8(7-13-10)3-2-4-9(11)12/h2-6,8,12-13H,7H2,1H3. The molecule has 0 bridgehead atoms. The van der Waals surface area contributed by atoms with Crippen molar-refractivity contribution in [2.75, 3.05) is 13.7 Å². The van der Waals surface area contributed by atoms with Gasteiger partial charge in [-0.05, 0) is 12.2 Å². The summed E-state index contributed by atoms with van der Waals surface area (Å²) in [5.41, 5.74) is 2.66. The highest BCUT2D eigenvalue weighted by molar-refractivity contribution is 5.48. The summed E-state index contributed by atoms with van der Waals surface area (Å²) in [5, 5.41) is 3.44. The zero-order valence-electron chi connectivity index (χ0n) is 8.16. The number of hydrogen-bond donors (Lipinski definition) is 1. The van der Waals surface area contributed by atoms with Crippen molar-refractivity contribution in [1.29, 1.82) is 0 Å². The molecule has 2 unspecified atom stereocenters. The molecule has 0 saturated carbocycles. The van der Waals surface area contributed by atoms with Gasteiger partial charge in [0.15, 0.2) is 0 Å². The Morgan fingerprint density at radius 3 is 3.14 bits per heavy atom. The van der Waals surface area contributed by atoms with Crippen LogP contribution in [0.1, 0.15) is 0 Å². The highest BCUT2D eigenvalue weighted by Crippen LogP contribution is 2.41. The van der Waals surface area contributed by atoms with Gasteiger partial charge in [0, 0.05) is 29.7 Å². The van der Waals surface area contributed by atoms with E-state index in [0.717, 1.165) is 12.3 Å². The quantitative estimate of drug-likeness (QED) is 0.675. The average Bonchev–Trinajstić information content (AvgIpc) is 2.65. The van der Waals surface area contributed by atoms with Crippen molar-refractivity contribution in [3.05, 3.63) is 47.4 Å². The molecule has 0 aromatic rings. The Morgan fingerprint density at radius 1 is 1.36 bits per heavy atom. The van der Waals surface area contributed by atoms with E-state index in [1.807, 2.05) is 6.08 Å². The first kappa shape index (κ1) is 7.92. The average molecular weight is 187 g/mol. The molecule has 1 aliphatic heterocycles. The van der Waals surface area contributed by atoms with Crippen molar-refractivity contribution < 1.29 is 4.74 Å². The Morgan fingerprint density at radius 2 is 2.29 bits per heavy atom. The van der Waals surface area contributed by atoms with E-state index in [1.165, 1.54) is 11.3 Å². The van der Waals surface area contributed by atoms with Gasteiger partial charge in [0.1, 0.15) is 5.76 Å². The molecule has 0 aromatic carbocycles. The van der Waals surface area contributed by atoms with Gasteiger partial charge in [-0.3, -0.25) is 0 Å². The van der Waals surface area contributed by atoms with E-state index in [4.69, 9.17) is 4.74 Å². The predicted molar refractivity (Wildman–Crippen MR) is 55.4 cm³/mol. The first-order chi connectivity index (χ1) is 6.90. The van der Waals surface area contributed by atoms with Gasteiger partial charge in [-0.15, -0.1) is 0 Å². The molecule has 3 aliphatic rings. The van der Waals surface area contributed by atoms with Crippen LogP contribution in [0.15, 0.2) is 47.4 Å². The van der Waals surface area contributed by atoms with Gasteiger partial charge >= 0.3 is 0 Å². The van der Waals surface area contributed by atoms with Crippen LogP contribution in [0.25, 0.3) is 0 Å². The number of nitrogens with one attached hydrogen (secondary N) is 1. The highest BCUT2D eigenvalue weighted by Gasteiger charge is 2.37. The third kappa shape index (κ3) is 0.910. The molecule has 2 atom stereocenters. The van der Waals surface area contributed by atoms with Crippen molar-refractivity contribution >= 4 is 0 Å². The molecular formula is C12H13NO. The van der Waals surface area contributed by atoms with Gasteiger partial charge in [-0.1, -0.05) is 18.2 Å². The van der Waals surface area contributed by atoms with Crippen LogP contribution >= 0.6 is 0 Å². The van der Waals surface area contributed by atoms with Crippen LogP contribution in [0.5, 0.6) is 0 Å². The molecule has 0 radical (unpaired) electrons. The normalized spacial score (nSPS) is 32.5. The number of rotatable bonds is 1. The van der Waals surface area contributed by atoms with Crippen LogP contribution in [0.3, 0.4) is 0 Å². The van der Waals surface area contributed by atoms with Gasteiger partial charge < -0.3 is 10.1 Å². The second-order valence-corrected chi connectivity index (χ2v) is 3.89. The second kappa shape index (κ2) is 2.77. The van der Waals surface area contributed by atoms with Gasteiger partial charge in [0.2, 0.25) is 0 Å². The van der Waals surface area contributed by atoms with Crippen LogP contribution in [-0.4, -0.2) is 13.7 Å². The monoisotopic (exact) mass is 187 g/mol. The van der Waals surface area contributed by atoms with Crippen LogP contribution in [0, 0.1) is 11.8 Å². The van der Waals surface area contributed by atoms with E-state index >= 15 is 0 Å². The van der Waals surface area contributed by atoms with E-state index in [-0.39, 0.29) is 0 Å². The second-order valence-electron chi connectivity index (χ2n) is 3.89. The first-order valence-electron chi connectivity index (χ1n) is 4.98. The maximum Gasteiger partial charge on any atom is 0.122 e. The zero-order valence-corrected chi connectivity index (χ0v) is 8.16. The molecule has 1 N–H and O–H groups in total. The van der Waals surface area contributed by atoms with E-state index in [1.54, 1.807) is 7.11 Å². The largest absolute Gasteiger partial charge is 0.496 e. The molecule has 0 spiro atoms. The Bertz CT molecular complexity index is 387. The minimum atomic E-state index is 0.514. The van der Waals surface area contributed by atoms with E-state index in [9.17, 15) is 0 Å². The summed E-state index contributed by atoms with van der Waals surface area (Å²) in [6.07, 6.45) is 10.8. The molecule has 1 saturated heterocycles. The number of allylic oxidation sites excluding steroid dienone is 6. The van der Waals surface area contributed by atoms with Gasteiger partial charge in [0.05, 0.1) is 7.11 Å². The van der Waals surface area contributed by atoms with Crippen molar-refractivity contribution in [3.63, 3.8) is 0 Å². The topological polar surface area (TPSA) is 21.3 Å². The third-order valence-electron chi connectivity index (χ3n) is 3.19. The Balaban J connectivity index is 2.11. The lowest BCUT2D eigenvalue weighted by Gasteiger charge is -2.26. The summed E-state index contributed by atoms with van der Waals surface area (Å²) in [6.45, 7) is 1.05. The highest BCUT2D eigenvalue weighted by atomic mass is 16.5. The van der Waals surface area contributed by atoms with E-state index in [0.29, 0.717) is 11.8 Å². The fourth-order valence-corrected chi connectivity index (χ4v) is 2.52. The van der Waals surface area contributed by atoms with Crippen molar-refractivity contribution in [3.8, 4) is 0 Å². The molecule has 3 rings (SSSR count). The van der Waals surface area contributed by atoms with E-state index < -0.39 is 0 Å². The maximum atomic E-state index is 5.37. The molecule has 0 amide bonds. The molecule has 2 nitrogen and oxygen atoms in total. The number of methoxy groups -OCH3 is 1. The summed E-state index contributed by atoms with van der Waals surface area (Å²) in [7, 11) is 1.74. The molecule has 14 heavy (non-hydrogen) atoms. The van der Waals surface area contributed by atoms with E-state index in [2.05, 4.69) is 29.6 Å². The maximum absolute atomic E-state index is 5.37.